The third-order valence-electron chi connectivity index (χ3n) is 2.17. The normalized spacial score (nSPS) is 9.47. The molecule has 0 aliphatic carbocycles. The fourth-order valence-corrected chi connectivity index (χ4v) is 1.42. The van der Waals surface area contributed by atoms with Gasteiger partial charge in [-0.15, -0.1) is 0 Å². The fraction of sp³-hybridized carbons (Fsp3) is 0.455. The average molecular weight is 205 g/mol. The molecule has 0 radical (unpaired) electrons. The van der Waals surface area contributed by atoms with Crippen LogP contribution in [0.3, 0.4) is 0 Å². The van der Waals surface area contributed by atoms with Crippen LogP contribution in [0.25, 0.3) is 10.4 Å². The monoisotopic (exact) mass is 205 g/mol. The van der Waals surface area contributed by atoms with Crippen molar-refractivity contribution in [3.05, 3.63) is 39.8 Å². The van der Waals surface area contributed by atoms with Gasteiger partial charge in [0.05, 0.1) is 6.61 Å². The molecule has 0 N–H and O–H groups in total. The van der Waals surface area contributed by atoms with Crippen molar-refractivity contribution in [3.8, 4) is 5.75 Å². The molecule has 0 aliphatic heterocycles. The summed E-state index contributed by atoms with van der Waals surface area (Å²) in [4.78, 5) is 2.73. The zero-order valence-corrected chi connectivity index (χ0v) is 9.10. The number of hydrogen-bond acceptors (Lipinski definition) is 2. The quantitative estimate of drug-likeness (QED) is 0.413. The van der Waals surface area contributed by atoms with E-state index in [-0.39, 0.29) is 0 Å². The minimum absolute atomic E-state index is 0.505. The third kappa shape index (κ3) is 3.52. The molecule has 0 aromatic heterocycles. The van der Waals surface area contributed by atoms with Crippen LogP contribution in [0.15, 0.2) is 23.3 Å². The van der Waals surface area contributed by atoms with E-state index in [1.807, 2.05) is 32.0 Å². The largest absolute Gasteiger partial charge is 0.494 e. The minimum Gasteiger partial charge on any atom is -0.494 e. The standard InChI is InChI=1S/C11H15N3O/c1-3-15-11-5-4-10(9(2)8-11)6-7-13-14-12/h4-5,8H,3,6-7H2,1-2H3. The van der Waals surface area contributed by atoms with E-state index in [1.54, 1.807) is 0 Å². The van der Waals surface area contributed by atoms with Gasteiger partial charge in [0.25, 0.3) is 0 Å². The zero-order chi connectivity index (χ0) is 11.1. The lowest BCUT2D eigenvalue weighted by Gasteiger charge is -2.07. The molecule has 0 saturated heterocycles. The zero-order valence-electron chi connectivity index (χ0n) is 9.10. The van der Waals surface area contributed by atoms with Gasteiger partial charge in [-0.1, -0.05) is 11.2 Å². The van der Waals surface area contributed by atoms with Crippen molar-refractivity contribution in [3.63, 3.8) is 0 Å². The van der Waals surface area contributed by atoms with Crippen LogP contribution in [0.4, 0.5) is 0 Å². The van der Waals surface area contributed by atoms with Gasteiger partial charge in [-0.2, -0.15) is 0 Å². The van der Waals surface area contributed by atoms with E-state index in [4.69, 9.17) is 10.3 Å². The summed E-state index contributed by atoms with van der Waals surface area (Å²) in [5.41, 5.74) is 10.5. The molecule has 4 heteroatoms. The van der Waals surface area contributed by atoms with Crippen molar-refractivity contribution < 1.29 is 4.74 Å². The Morgan fingerprint density at radius 2 is 2.27 bits per heavy atom. The van der Waals surface area contributed by atoms with Gasteiger partial charge in [0.1, 0.15) is 5.75 Å². The molecule has 0 atom stereocenters. The van der Waals surface area contributed by atoms with Crippen LogP contribution in [-0.4, -0.2) is 13.2 Å². The first-order valence-electron chi connectivity index (χ1n) is 5.01. The van der Waals surface area contributed by atoms with Crippen molar-refractivity contribution in [1.82, 2.24) is 0 Å². The summed E-state index contributed by atoms with van der Waals surface area (Å²) >= 11 is 0. The second kappa shape index (κ2) is 5.94. The van der Waals surface area contributed by atoms with Gasteiger partial charge in [-0.05, 0) is 49.1 Å². The van der Waals surface area contributed by atoms with E-state index in [2.05, 4.69) is 10.0 Å². The van der Waals surface area contributed by atoms with Gasteiger partial charge in [-0.3, -0.25) is 0 Å². The van der Waals surface area contributed by atoms with Crippen molar-refractivity contribution in [2.45, 2.75) is 20.3 Å². The Kier molecular flexibility index (Phi) is 4.51. The van der Waals surface area contributed by atoms with E-state index in [9.17, 15) is 0 Å². The SMILES string of the molecule is CCOc1ccc(CCN=[N+]=[N-])c(C)c1. The highest BCUT2D eigenvalue weighted by atomic mass is 16.5. The summed E-state index contributed by atoms with van der Waals surface area (Å²) in [7, 11) is 0. The van der Waals surface area contributed by atoms with Crippen LogP contribution in [-0.2, 0) is 6.42 Å². The highest BCUT2D eigenvalue weighted by molar-refractivity contribution is 5.34. The first kappa shape index (κ1) is 11.4. The predicted molar refractivity (Wildman–Crippen MR) is 60.1 cm³/mol. The summed E-state index contributed by atoms with van der Waals surface area (Å²) in [6.07, 6.45) is 0.780. The molecular weight excluding hydrogens is 190 g/mol. The maximum atomic E-state index is 8.17. The first-order valence-corrected chi connectivity index (χ1v) is 5.01. The molecule has 1 aromatic rings. The van der Waals surface area contributed by atoms with Gasteiger partial charge >= 0.3 is 0 Å². The molecule has 0 aliphatic rings. The van der Waals surface area contributed by atoms with E-state index in [0.29, 0.717) is 13.2 Å². The van der Waals surface area contributed by atoms with Crippen molar-refractivity contribution in [2.24, 2.45) is 5.11 Å². The van der Waals surface area contributed by atoms with Crippen LogP contribution >= 0.6 is 0 Å². The number of ether oxygens (including phenoxy) is 1. The van der Waals surface area contributed by atoms with Crippen LogP contribution < -0.4 is 4.74 Å². The van der Waals surface area contributed by atoms with Gasteiger partial charge < -0.3 is 4.74 Å². The number of aryl methyl sites for hydroxylation is 1. The molecule has 0 heterocycles. The first-order chi connectivity index (χ1) is 7.27. The molecule has 0 amide bonds. The molecule has 0 unspecified atom stereocenters. The maximum Gasteiger partial charge on any atom is 0.119 e. The van der Waals surface area contributed by atoms with E-state index < -0.39 is 0 Å². The van der Waals surface area contributed by atoms with Crippen LogP contribution in [0, 0.1) is 6.92 Å². The highest BCUT2D eigenvalue weighted by Crippen LogP contribution is 2.17. The molecule has 0 bridgehead atoms. The number of hydrogen-bond donors (Lipinski definition) is 0. The van der Waals surface area contributed by atoms with Crippen LogP contribution in [0.1, 0.15) is 18.1 Å². The van der Waals surface area contributed by atoms with Crippen LogP contribution in [0.2, 0.25) is 0 Å². The lowest BCUT2D eigenvalue weighted by Crippen LogP contribution is -1.96. The Balaban J connectivity index is 2.69. The second-order valence-corrected chi connectivity index (χ2v) is 3.23. The third-order valence-corrected chi connectivity index (χ3v) is 2.17. The smallest absolute Gasteiger partial charge is 0.119 e. The van der Waals surface area contributed by atoms with Crippen LogP contribution in [0.5, 0.6) is 5.75 Å². The van der Waals surface area contributed by atoms with Gasteiger partial charge in [0.15, 0.2) is 0 Å². The molecule has 1 rings (SSSR count). The summed E-state index contributed by atoms with van der Waals surface area (Å²) in [6.45, 7) is 5.18. The number of benzene rings is 1. The Labute approximate surface area is 89.5 Å². The van der Waals surface area contributed by atoms with Crippen molar-refractivity contribution in [2.75, 3.05) is 13.2 Å². The molecule has 15 heavy (non-hydrogen) atoms. The molecule has 1 aromatic carbocycles. The number of nitrogens with zero attached hydrogens (tertiary/aromatic N) is 3. The summed E-state index contributed by atoms with van der Waals surface area (Å²) < 4.78 is 5.39. The molecule has 0 saturated carbocycles. The highest BCUT2D eigenvalue weighted by Gasteiger charge is 1.99. The minimum atomic E-state index is 0.505. The van der Waals surface area contributed by atoms with Gasteiger partial charge in [0.2, 0.25) is 0 Å². The summed E-state index contributed by atoms with van der Waals surface area (Å²) in [6, 6.07) is 5.98. The topological polar surface area (TPSA) is 58.0 Å². The molecular formula is C11H15N3O. The van der Waals surface area contributed by atoms with E-state index in [0.717, 1.165) is 12.2 Å². The molecule has 80 valence electrons. The van der Waals surface area contributed by atoms with E-state index in [1.165, 1.54) is 11.1 Å². The van der Waals surface area contributed by atoms with Crippen molar-refractivity contribution >= 4 is 0 Å². The Morgan fingerprint density at radius 3 is 2.87 bits per heavy atom. The molecule has 0 spiro atoms. The maximum absolute atomic E-state index is 8.17. The number of rotatable bonds is 5. The lowest BCUT2D eigenvalue weighted by molar-refractivity contribution is 0.340. The van der Waals surface area contributed by atoms with Gasteiger partial charge in [-0.25, -0.2) is 0 Å². The summed E-state index contributed by atoms with van der Waals surface area (Å²) in [5.74, 6) is 0.891. The second-order valence-electron chi connectivity index (χ2n) is 3.23. The Morgan fingerprint density at radius 1 is 1.47 bits per heavy atom. The Hall–Kier alpha value is -1.67. The molecule has 0 fully saturated rings. The van der Waals surface area contributed by atoms with Crippen molar-refractivity contribution in [1.29, 1.82) is 0 Å². The summed E-state index contributed by atoms with van der Waals surface area (Å²) in [5, 5.41) is 3.52. The fourth-order valence-electron chi connectivity index (χ4n) is 1.42. The Bertz CT molecular complexity index is 370. The predicted octanol–water partition coefficient (Wildman–Crippen LogP) is 3.25. The van der Waals surface area contributed by atoms with E-state index >= 15 is 0 Å². The lowest BCUT2D eigenvalue weighted by atomic mass is 10.1. The van der Waals surface area contributed by atoms with Gasteiger partial charge in [0, 0.05) is 11.5 Å². The average Bonchev–Trinajstić information content (AvgIpc) is 2.22. The molecule has 4 nitrogen and oxygen atoms in total. The number of azide groups is 1.